The lowest BCUT2D eigenvalue weighted by atomic mass is 9.97. The number of hydrogen-bond donors (Lipinski definition) is 3. The summed E-state index contributed by atoms with van der Waals surface area (Å²) in [4.78, 5) is 23.4. The molecule has 1 fully saturated rings. The van der Waals surface area contributed by atoms with Crippen molar-refractivity contribution in [2.45, 2.75) is 32.0 Å². The van der Waals surface area contributed by atoms with E-state index in [0.29, 0.717) is 22.9 Å². The Labute approximate surface area is 121 Å². The molecule has 1 aromatic rings. The number of hydrogen-bond acceptors (Lipinski definition) is 5. The Kier molecular flexibility index (Phi) is 4.42. The maximum atomic E-state index is 12.0. The van der Waals surface area contributed by atoms with Crippen LogP contribution in [0.1, 0.15) is 29.9 Å². The van der Waals surface area contributed by atoms with Gasteiger partial charge in [-0.05, 0) is 19.1 Å². The van der Waals surface area contributed by atoms with Crippen LogP contribution in [0.3, 0.4) is 0 Å². The molecule has 2 unspecified atom stereocenters. The van der Waals surface area contributed by atoms with E-state index < -0.39 is 5.60 Å². The summed E-state index contributed by atoms with van der Waals surface area (Å²) >= 11 is 1.19. The second-order valence-corrected chi connectivity index (χ2v) is 5.98. The molecule has 0 bridgehead atoms. The Morgan fingerprint density at radius 3 is 2.90 bits per heavy atom. The molecule has 2 amide bonds. The second-order valence-electron chi connectivity index (χ2n) is 4.89. The fraction of sp³-hybridized carbons (Fsp3) is 0.538. The molecule has 1 aliphatic heterocycles. The van der Waals surface area contributed by atoms with Crippen molar-refractivity contribution in [1.29, 1.82) is 0 Å². The normalized spacial score (nSPS) is 25.4. The minimum absolute atomic E-state index is 0.153. The monoisotopic (exact) mass is 298 g/mol. The fourth-order valence-corrected chi connectivity index (χ4v) is 2.89. The molecule has 1 saturated heterocycles. The standard InChI is InChI=1S/C13H18N2O4S/c1-8-13(18,5-6-19-8)7-14-12(17)10-3-4-11(20-10)15-9(2)16/h3-4,8,18H,5-7H2,1-2H3,(H,14,17)(H,15,16). The van der Waals surface area contributed by atoms with Gasteiger partial charge in [0.2, 0.25) is 5.91 Å². The summed E-state index contributed by atoms with van der Waals surface area (Å²) in [5.41, 5.74) is -1.01. The molecular weight excluding hydrogens is 280 g/mol. The molecule has 2 rings (SSSR count). The Morgan fingerprint density at radius 2 is 2.30 bits per heavy atom. The van der Waals surface area contributed by atoms with Gasteiger partial charge in [-0.2, -0.15) is 0 Å². The van der Waals surface area contributed by atoms with Crippen molar-refractivity contribution < 1.29 is 19.4 Å². The molecule has 110 valence electrons. The third-order valence-corrected chi connectivity index (χ3v) is 4.34. The molecule has 6 nitrogen and oxygen atoms in total. The molecule has 0 saturated carbocycles. The molecule has 3 N–H and O–H groups in total. The van der Waals surface area contributed by atoms with Gasteiger partial charge in [0.05, 0.1) is 16.0 Å². The van der Waals surface area contributed by atoms with E-state index in [2.05, 4.69) is 10.6 Å². The maximum Gasteiger partial charge on any atom is 0.261 e. The SMILES string of the molecule is CC(=O)Nc1ccc(C(=O)NCC2(O)CCOC2C)s1. The number of thiophene rings is 1. The molecule has 2 atom stereocenters. The first-order valence-electron chi connectivity index (χ1n) is 6.40. The summed E-state index contributed by atoms with van der Waals surface area (Å²) in [6.07, 6.45) is 0.219. The Morgan fingerprint density at radius 1 is 1.55 bits per heavy atom. The first kappa shape index (κ1) is 15.0. The van der Waals surface area contributed by atoms with Gasteiger partial charge in [-0.1, -0.05) is 0 Å². The van der Waals surface area contributed by atoms with E-state index in [0.717, 1.165) is 0 Å². The number of nitrogens with one attached hydrogen (secondary N) is 2. The Balaban J connectivity index is 1.92. The predicted octanol–water partition coefficient (Wildman–Crippen LogP) is 0.976. The smallest absolute Gasteiger partial charge is 0.261 e. The van der Waals surface area contributed by atoms with Crippen molar-refractivity contribution in [2.24, 2.45) is 0 Å². The van der Waals surface area contributed by atoms with Crippen LogP contribution < -0.4 is 10.6 Å². The summed E-state index contributed by atoms with van der Waals surface area (Å²) in [5, 5.41) is 16.2. The third-order valence-electron chi connectivity index (χ3n) is 3.34. The van der Waals surface area contributed by atoms with Crippen LogP contribution in [0.15, 0.2) is 12.1 Å². The summed E-state index contributed by atoms with van der Waals surface area (Å²) in [5.74, 6) is -0.441. The van der Waals surface area contributed by atoms with Crippen LogP contribution in [0.2, 0.25) is 0 Å². The van der Waals surface area contributed by atoms with E-state index >= 15 is 0 Å². The number of aliphatic hydroxyl groups is 1. The topological polar surface area (TPSA) is 87.7 Å². The number of amides is 2. The highest BCUT2D eigenvalue weighted by Crippen LogP contribution is 2.25. The lowest BCUT2D eigenvalue weighted by molar-refractivity contribution is -0.114. The molecule has 20 heavy (non-hydrogen) atoms. The summed E-state index contributed by atoms with van der Waals surface area (Å²) in [6.45, 7) is 3.86. The molecule has 2 heterocycles. The molecule has 0 aliphatic carbocycles. The van der Waals surface area contributed by atoms with Gasteiger partial charge in [0.25, 0.3) is 5.91 Å². The van der Waals surface area contributed by atoms with Crippen molar-refractivity contribution in [1.82, 2.24) is 5.32 Å². The van der Waals surface area contributed by atoms with E-state index in [9.17, 15) is 14.7 Å². The zero-order valence-corrected chi connectivity index (χ0v) is 12.3. The Hall–Kier alpha value is -1.44. The maximum absolute atomic E-state index is 12.0. The van der Waals surface area contributed by atoms with Crippen molar-refractivity contribution >= 4 is 28.2 Å². The van der Waals surface area contributed by atoms with Gasteiger partial charge in [-0.3, -0.25) is 9.59 Å². The molecule has 0 aromatic carbocycles. The molecule has 1 aliphatic rings. The van der Waals surface area contributed by atoms with Crippen LogP contribution >= 0.6 is 11.3 Å². The average molecular weight is 298 g/mol. The lowest BCUT2D eigenvalue weighted by Crippen LogP contribution is -2.47. The zero-order valence-electron chi connectivity index (χ0n) is 11.4. The van der Waals surface area contributed by atoms with E-state index in [1.165, 1.54) is 18.3 Å². The van der Waals surface area contributed by atoms with Crippen molar-refractivity contribution in [2.75, 3.05) is 18.5 Å². The van der Waals surface area contributed by atoms with Gasteiger partial charge in [-0.15, -0.1) is 11.3 Å². The molecule has 0 spiro atoms. The molecular formula is C13H18N2O4S. The first-order chi connectivity index (χ1) is 9.40. The number of ether oxygens (including phenoxy) is 1. The van der Waals surface area contributed by atoms with Crippen molar-refractivity contribution in [3.63, 3.8) is 0 Å². The number of carbonyl (C=O) groups excluding carboxylic acids is 2. The summed E-state index contributed by atoms with van der Waals surface area (Å²) in [6, 6.07) is 3.32. The average Bonchev–Trinajstić information content (AvgIpc) is 2.95. The third kappa shape index (κ3) is 3.36. The Bertz CT molecular complexity index is 516. The number of rotatable bonds is 4. The van der Waals surface area contributed by atoms with E-state index in [1.54, 1.807) is 19.1 Å². The molecule has 1 aromatic heterocycles. The van der Waals surface area contributed by atoms with Gasteiger partial charge in [0.15, 0.2) is 0 Å². The highest BCUT2D eigenvalue weighted by atomic mass is 32.1. The van der Waals surface area contributed by atoms with Crippen LogP contribution in [0, 0.1) is 0 Å². The summed E-state index contributed by atoms with van der Waals surface area (Å²) < 4.78 is 5.31. The van der Waals surface area contributed by atoms with Gasteiger partial charge in [0, 0.05) is 26.5 Å². The number of anilines is 1. The van der Waals surface area contributed by atoms with Gasteiger partial charge < -0.3 is 20.5 Å². The van der Waals surface area contributed by atoms with E-state index in [-0.39, 0.29) is 24.5 Å². The lowest BCUT2D eigenvalue weighted by Gasteiger charge is -2.25. The van der Waals surface area contributed by atoms with Gasteiger partial charge in [-0.25, -0.2) is 0 Å². The predicted molar refractivity (Wildman–Crippen MR) is 75.9 cm³/mol. The van der Waals surface area contributed by atoms with Crippen LogP contribution in [-0.2, 0) is 9.53 Å². The van der Waals surface area contributed by atoms with Gasteiger partial charge >= 0.3 is 0 Å². The largest absolute Gasteiger partial charge is 0.385 e. The highest BCUT2D eigenvalue weighted by molar-refractivity contribution is 7.18. The minimum atomic E-state index is -1.01. The van der Waals surface area contributed by atoms with Crippen molar-refractivity contribution in [3.05, 3.63) is 17.0 Å². The van der Waals surface area contributed by atoms with Gasteiger partial charge in [0.1, 0.15) is 5.60 Å². The summed E-state index contributed by atoms with van der Waals surface area (Å²) in [7, 11) is 0. The van der Waals surface area contributed by atoms with Crippen LogP contribution in [0.4, 0.5) is 5.00 Å². The van der Waals surface area contributed by atoms with Crippen LogP contribution in [0.25, 0.3) is 0 Å². The van der Waals surface area contributed by atoms with Crippen molar-refractivity contribution in [3.8, 4) is 0 Å². The van der Waals surface area contributed by atoms with Crippen LogP contribution in [0.5, 0.6) is 0 Å². The minimum Gasteiger partial charge on any atom is -0.385 e. The van der Waals surface area contributed by atoms with Crippen LogP contribution in [-0.4, -0.2) is 41.8 Å². The van der Waals surface area contributed by atoms with E-state index in [4.69, 9.17) is 4.74 Å². The molecule has 7 heteroatoms. The molecule has 0 radical (unpaired) electrons. The highest BCUT2D eigenvalue weighted by Gasteiger charge is 2.39. The zero-order chi connectivity index (χ0) is 14.8. The second kappa shape index (κ2) is 5.90. The fourth-order valence-electron chi connectivity index (χ4n) is 2.02. The first-order valence-corrected chi connectivity index (χ1v) is 7.22. The van der Waals surface area contributed by atoms with E-state index in [1.807, 2.05) is 0 Å². The number of carbonyl (C=O) groups is 2. The quantitative estimate of drug-likeness (QED) is 0.773.